The van der Waals surface area contributed by atoms with Gasteiger partial charge < -0.3 is 4.74 Å². The van der Waals surface area contributed by atoms with Gasteiger partial charge in [0.15, 0.2) is 0 Å². The van der Waals surface area contributed by atoms with E-state index in [1.165, 1.54) is 0 Å². The van der Waals surface area contributed by atoms with Crippen LogP contribution < -0.4 is 10.2 Å². The van der Waals surface area contributed by atoms with E-state index >= 15 is 0 Å². The van der Waals surface area contributed by atoms with Gasteiger partial charge in [0, 0.05) is 11.8 Å². The van der Waals surface area contributed by atoms with Crippen LogP contribution in [0.1, 0.15) is 29.4 Å². The lowest BCUT2D eigenvalue weighted by molar-refractivity contribution is 0.0950. The Morgan fingerprint density at radius 1 is 1.16 bits per heavy atom. The van der Waals surface area contributed by atoms with E-state index in [1.807, 2.05) is 36.4 Å². The molecule has 0 saturated carbocycles. The van der Waals surface area contributed by atoms with Gasteiger partial charge in [0.2, 0.25) is 0 Å². The Labute approximate surface area is 146 Å². The lowest BCUT2D eigenvalue weighted by Crippen LogP contribution is -2.18. The minimum atomic E-state index is -0.354. The molecule has 0 aliphatic carbocycles. The molecule has 1 amide bonds. The summed E-state index contributed by atoms with van der Waals surface area (Å²) in [6.45, 7) is 2.68. The predicted octanol–water partition coefficient (Wildman–Crippen LogP) is 3.79. The zero-order valence-electron chi connectivity index (χ0n) is 14.0. The van der Waals surface area contributed by atoms with Crippen LogP contribution in [0.15, 0.2) is 65.9 Å². The highest BCUT2D eigenvalue weighted by Gasteiger charge is 2.08. The third kappa shape index (κ3) is 4.01. The van der Waals surface area contributed by atoms with Crippen molar-refractivity contribution in [3.63, 3.8) is 0 Å². The second-order valence-corrected chi connectivity index (χ2v) is 5.46. The zero-order valence-corrected chi connectivity index (χ0v) is 14.0. The number of nitrogens with one attached hydrogen (secondary N) is 1. The van der Waals surface area contributed by atoms with Crippen molar-refractivity contribution >= 4 is 22.9 Å². The number of pyridine rings is 1. The summed E-state index contributed by atoms with van der Waals surface area (Å²) in [5, 5.41) is 6.20. The number of hydrogen-bond donors (Lipinski definition) is 1. The molecule has 0 unspecified atom stereocenters. The van der Waals surface area contributed by atoms with Crippen molar-refractivity contribution in [2.45, 2.75) is 13.3 Å². The van der Waals surface area contributed by atoms with Crippen LogP contribution >= 0.6 is 0 Å². The van der Waals surface area contributed by atoms with Crippen molar-refractivity contribution < 1.29 is 9.53 Å². The number of aromatic nitrogens is 1. The Hall–Kier alpha value is -3.21. The fraction of sp³-hybridized carbons (Fsp3) is 0.150. The van der Waals surface area contributed by atoms with Gasteiger partial charge >= 0.3 is 0 Å². The van der Waals surface area contributed by atoms with Crippen molar-refractivity contribution in [1.29, 1.82) is 0 Å². The molecule has 1 aromatic heterocycles. The molecule has 1 heterocycles. The van der Waals surface area contributed by atoms with Crippen molar-refractivity contribution in [1.82, 2.24) is 10.4 Å². The molecule has 0 saturated heterocycles. The lowest BCUT2D eigenvalue weighted by Gasteiger charge is -2.11. The summed E-state index contributed by atoms with van der Waals surface area (Å²) in [4.78, 5) is 16.0. The maximum absolute atomic E-state index is 12.0. The first-order valence-corrected chi connectivity index (χ1v) is 8.18. The summed E-state index contributed by atoms with van der Waals surface area (Å²) in [6, 6.07) is 17.1. The molecule has 3 rings (SSSR count). The molecule has 5 nitrogen and oxygen atoms in total. The molecule has 0 fully saturated rings. The fourth-order valence-electron chi connectivity index (χ4n) is 2.46. The highest BCUT2D eigenvalue weighted by atomic mass is 16.5. The third-order valence-corrected chi connectivity index (χ3v) is 3.65. The van der Waals surface area contributed by atoms with E-state index in [-0.39, 0.29) is 5.91 Å². The molecular formula is C20H19N3O2. The average Bonchev–Trinajstić information content (AvgIpc) is 2.67. The summed E-state index contributed by atoms with van der Waals surface area (Å²) >= 11 is 0. The minimum absolute atomic E-state index is 0.319. The van der Waals surface area contributed by atoms with Gasteiger partial charge in [-0.2, -0.15) is 5.10 Å². The second-order valence-electron chi connectivity index (χ2n) is 5.46. The van der Waals surface area contributed by atoms with Gasteiger partial charge in [-0.1, -0.05) is 43.3 Å². The largest absolute Gasteiger partial charge is 0.493 e. The van der Waals surface area contributed by atoms with E-state index in [4.69, 9.17) is 4.74 Å². The van der Waals surface area contributed by atoms with Crippen molar-refractivity contribution in [2.24, 2.45) is 5.10 Å². The summed E-state index contributed by atoms with van der Waals surface area (Å²) in [5.74, 6) is 0.393. The topological polar surface area (TPSA) is 63.6 Å². The molecular weight excluding hydrogens is 314 g/mol. The van der Waals surface area contributed by atoms with Gasteiger partial charge in [0.05, 0.1) is 12.8 Å². The van der Waals surface area contributed by atoms with Crippen LogP contribution in [0.2, 0.25) is 0 Å². The maximum atomic E-state index is 12.0. The van der Waals surface area contributed by atoms with E-state index in [0.29, 0.717) is 12.3 Å². The Morgan fingerprint density at radius 3 is 2.80 bits per heavy atom. The number of benzene rings is 2. The number of amides is 1. The molecule has 0 radical (unpaired) electrons. The summed E-state index contributed by atoms with van der Waals surface area (Å²) in [5.41, 5.74) is 3.67. The first-order chi connectivity index (χ1) is 12.3. The van der Waals surface area contributed by atoms with E-state index in [0.717, 1.165) is 28.5 Å². The van der Waals surface area contributed by atoms with Crippen molar-refractivity contribution in [3.8, 4) is 5.75 Å². The molecule has 5 heteroatoms. The van der Waals surface area contributed by atoms with Crippen LogP contribution in [0.25, 0.3) is 10.8 Å². The highest BCUT2D eigenvalue weighted by molar-refractivity contribution is 6.03. The van der Waals surface area contributed by atoms with Crippen molar-refractivity contribution in [2.75, 3.05) is 6.61 Å². The van der Waals surface area contributed by atoms with E-state index in [2.05, 4.69) is 22.4 Å². The molecule has 0 aliphatic heterocycles. The Kier molecular flexibility index (Phi) is 5.36. The predicted molar refractivity (Wildman–Crippen MR) is 99.0 cm³/mol. The molecule has 1 N–H and O–H groups in total. The molecule has 126 valence electrons. The van der Waals surface area contributed by atoms with Gasteiger partial charge in [-0.05, 0) is 35.4 Å². The zero-order chi connectivity index (χ0) is 17.5. The van der Waals surface area contributed by atoms with Gasteiger partial charge in [0.25, 0.3) is 5.91 Å². The summed E-state index contributed by atoms with van der Waals surface area (Å²) in [7, 11) is 0. The molecule has 0 atom stereocenters. The number of hydrogen-bond acceptors (Lipinski definition) is 4. The summed E-state index contributed by atoms with van der Waals surface area (Å²) in [6.07, 6.45) is 4.11. The van der Waals surface area contributed by atoms with Crippen LogP contribution in [0.3, 0.4) is 0 Å². The number of carbonyl (C=O) groups excluding carboxylic acids is 1. The number of nitrogens with zero attached hydrogens (tertiary/aromatic N) is 2. The highest BCUT2D eigenvalue weighted by Crippen LogP contribution is 2.26. The van der Waals surface area contributed by atoms with Crippen LogP contribution in [0.4, 0.5) is 0 Å². The third-order valence-electron chi connectivity index (χ3n) is 3.65. The summed E-state index contributed by atoms with van der Waals surface area (Å²) < 4.78 is 5.82. The van der Waals surface area contributed by atoms with Gasteiger partial charge in [-0.25, -0.2) is 5.43 Å². The normalized spacial score (nSPS) is 10.9. The van der Waals surface area contributed by atoms with Crippen LogP contribution in [0.5, 0.6) is 5.75 Å². The van der Waals surface area contributed by atoms with Gasteiger partial charge in [0.1, 0.15) is 11.4 Å². The number of carbonyl (C=O) groups is 1. The van der Waals surface area contributed by atoms with E-state index in [1.54, 1.807) is 30.6 Å². The Balaban J connectivity index is 1.87. The molecule has 0 spiro atoms. The standard InChI is InChI=1S/C20H19N3O2/c1-2-13-25-19-11-10-15-7-3-4-8-16(15)17(19)14-22-23-20(24)18-9-5-6-12-21-18/h3-12,14H,2,13H2,1H3,(H,23,24)/b22-14-. The average molecular weight is 333 g/mol. The van der Waals surface area contributed by atoms with Crippen LogP contribution in [-0.4, -0.2) is 23.7 Å². The molecule has 3 aromatic rings. The maximum Gasteiger partial charge on any atom is 0.289 e. The fourth-order valence-corrected chi connectivity index (χ4v) is 2.46. The molecule has 0 bridgehead atoms. The quantitative estimate of drug-likeness (QED) is 0.551. The monoisotopic (exact) mass is 333 g/mol. The first kappa shape index (κ1) is 16.6. The van der Waals surface area contributed by atoms with Gasteiger partial charge in [-0.15, -0.1) is 0 Å². The van der Waals surface area contributed by atoms with Crippen LogP contribution in [-0.2, 0) is 0 Å². The van der Waals surface area contributed by atoms with E-state index < -0.39 is 0 Å². The number of fused-ring (bicyclic) bond motifs is 1. The molecule has 2 aromatic carbocycles. The Morgan fingerprint density at radius 2 is 2.00 bits per heavy atom. The molecule has 25 heavy (non-hydrogen) atoms. The SMILES string of the molecule is CCCOc1ccc2ccccc2c1/C=N\NC(=O)c1ccccn1. The Bertz CT molecular complexity index is 892. The van der Waals surface area contributed by atoms with E-state index in [9.17, 15) is 4.79 Å². The van der Waals surface area contributed by atoms with Crippen molar-refractivity contribution in [3.05, 3.63) is 72.1 Å². The lowest BCUT2D eigenvalue weighted by atomic mass is 10.0. The number of hydrazone groups is 1. The molecule has 0 aliphatic rings. The minimum Gasteiger partial charge on any atom is -0.493 e. The second kappa shape index (κ2) is 8.06. The first-order valence-electron chi connectivity index (χ1n) is 8.18. The number of ether oxygens (including phenoxy) is 1. The van der Waals surface area contributed by atoms with Gasteiger partial charge in [-0.3, -0.25) is 9.78 Å². The van der Waals surface area contributed by atoms with Crippen LogP contribution in [0, 0.1) is 0 Å². The number of rotatable bonds is 6. The smallest absolute Gasteiger partial charge is 0.289 e.